The molecule has 1 saturated heterocycles. The topological polar surface area (TPSA) is 92.5 Å². The number of piperidine rings is 1. The second-order valence-corrected chi connectivity index (χ2v) is 8.26. The van der Waals surface area contributed by atoms with Gasteiger partial charge in [0, 0.05) is 25.6 Å². The van der Waals surface area contributed by atoms with E-state index in [1.807, 2.05) is 4.90 Å². The number of hydrogen-bond acceptors (Lipinski definition) is 4. The lowest BCUT2D eigenvalue weighted by Gasteiger charge is -2.33. The molecule has 0 spiro atoms. The molecule has 1 rings (SSSR count). The number of hydrogen-bond donors (Lipinski definition) is 2. The first kappa shape index (κ1) is 18.4. The van der Waals surface area contributed by atoms with Crippen LogP contribution in [0, 0.1) is 11.8 Å². The van der Waals surface area contributed by atoms with E-state index in [0.717, 1.165) is 6.42 Å². The Morgan fingerprint density at radius 1 is 1.33 bits per heavy atom. The standard InChI is InChI=1S/C14H29N3O3S/c1-11(2)8-12(10-15)9-14(18)17-6-4-13(5-7-17)16-21(3,19)20/h11-13,16H,4-10,15H2,1-3H3/t12-/m0/s1. The van der Waals surface area contributed by atoms with E-state index in [4.69, 9.17) is 5.73 Å². The Hall–Kier alpha value is -0.660. The van der Waals surface area contributed by atoms with Crippen molar-refractivity contribution >= 4 is 15.9 Å². The van der Waals surface area contributed by atoms with Crippen LogP contribution in [0.15, 0.2) is 0 Å². The summed E-state index contributed by atoms with van der Waals surface area (Å²) in [7, 11) is -3.17. The predicted octanol–water partition coefficient (Wildman–Crippen LogP) is 0.538. The van der Waals surface area contributed by atoms with Crippen molar-refractivity contribution in [3.63, 3.8) is 0 Å². The van der Waals surface area contributed by atoms with Gasteiger partial charge in [-0.1, -0.05) is 13.8 Å². The number of rotatable bonds is 7. The summed E-state index contributed by atoms with van der Waals surface area (Å²) < 4.78 is 25.0. The molecule has 0 aromatic carbocycles. The van der Waals surface area contributed by atoms with Crippen LogP contribution in [-0.2, 0) is 14.8 Å². The lowest BCUT2D eigenvalue weighted by molar-refractivity contribution is -0.133. The summed E-state index contributed by atoms with van der Waals surface area (Å²) in [6.07, 6.45) is 3.99. The maximum absolute atomic E-state index is 12.3. The molecular formula is C14H29N3O3S. The molecule has 0 aromatic rings. The highest BCUT2D eigenvalue weighted by atomic mass is 32.2. The van der Waals surface area contributed by atoms with Crippen LogP contribution >= 0.6 is 0 Å². The molecule has 7 heteroatoms. The number of carbonyl (C=O) groups excluding carboxylic acids is 1. The van der Waals surface area contributed by atoms with E-state index < -0.39 is 10.0 Å². The SMILES string of the molecule is CC(C)C[C@H](CN)CC(=O)N1CCC(NS(C)(=O)=O)CC1. The van der Waals surface area contributed by atoms with Gasteiger partial charge in [0.25, 0.3) is 0 Å². The second kappa shape index (κ2) is 8.10. The van der Waals surface area contributed by atoms with Crippen molar-refractivity contribution < 1.29 is 13.2 Å². The molecule has 1 aliphatic heterocycles. The van der Waals surface area contributed by atoms with E-state index in [2.05, 4.69) is 18.6 Å². The molecule has 0 aliphatic carbocycles. The molecule has 21 heavy (non-hydrogen) atoms. The molecule has 1 amide bonds. The minimum Gasteiger partial charge on any atom is -0.343 e. The van der Waals surface area contributed by atoms with Gasteiger partial charge in [-0.3, -0.25) is 4.79 Å². The maximum atomic E-state index is 12.3. The van der Waals surface area contributed by atoms with Crippen LogP contribution in [-0.4, -0.2) is 51.2 Å². The lowest BCUT2D eigenvalue weighted by atomic mass is 9.93. The van der Waals surface area contributed by atoms with Gasteiger partial charge in [-0.05, 0) is 37.6 Å². The monoisotopic (exact) mass is 319 g/mol. The van der Waals surface area contributed by atoms with Gasteiger partial charge in [0.15, 0.2) is 0 Å². The van der Waals surface area contributed by atoms with E-state index in [1.165, 1.54) is 6.26 Å². The molecular weight excluding hydrogens is 290 g/mol. The molecule has 6 nitrogen and oxygen atoms in total. The fraction of sp³-hybridized carbons (Fsp3) is 0.929. The third kappa shape index (κ3) is 7.24. The van der Waals surface area contributed by atoms with Crippen LogP contribution in [0.4, 0.5) is 0 Å². The molecule has 1 aliphatic rings. The molecule has 0 radical (unpaired) electrons. The highest BCUT2D eigenvalue weighted by Gasteiger charge is 2.25. The van der Waals surface area contributed by atoms with Gasteiger partial charge in [-0.15, -0.1) is 0 Å². The number of amides is 1. The Morgan fingerprint density at radius 2 is 1.90 bits per heavy atom. The molecule has 3 N–H and O–H groups in total. The minimum absolute atomic E-state index is 0.0509. The zero-order valence-electron chi connectivity index (χ0n) is 13.3. The average molecular weight is 319 g/mol. The molecule has 0 unspecified atom stereocenters. The first-order valence-electron chi connectivity index (χ1n) is 7.66. The summed E-state index contributed by atoms with van der Waals surface area (Å²) in [4.78, 5) is 14.1. The van der Waals surface area contributed by atoms with Gasteiger partial charge >= 0.3 is 0 Å². The van der Waals surface area contributed by atoms with Gasteiger partial charge in [0.1, 0.15) is 0 Å². The summed E-state index contributed by atoms with van der Waals surface area (Å²) in [6.45, 7) is 6.04. The van der Waals surface area contributed by atoms with Crippen LogP contribution in [0.25, 0.3) is 0 Å². The zero-order chi connectivity index (χ0) is 16.0. The largest absolute Gasteiger partial charge is 0.343 e. The first-order valence-corrected chi connectivity index (χ1v) is 9.55. The van der Waals surface area contributed by atoms with Crippen LogP contribution in [0.3, 0.4) is 0 Å². The number of nitrogens with zero attached hydrogens (tertiary/aromatic N) is 1. The van der Waals surface area contributed by atoms with Crippen LogP contribution in [0.5, 0.6) is 0 Å². The Bertz CT molecular complexity index is 429. The van der Waals surface area contributed by atoms with Crippen LogP contribution < -0.4 is 10.5 Å². The van der Waals surface area contributed by atoms with Crippen molar-refractivity contribution in [1.29, 1.82) is 0 Å². The third-order valence-electron chi connectivity index (χ3n) is 3.83. The molecule has 0 bridgehead atoms. The fourth-order valence-electron chi connectivity index (χ4n) is 2.86. The number of sulfonamides is 1. The van der Waals surface area contributed by atoms with Crippen molar-refractivity contribution in [2.45, 2.75) is 45.6 Å². The van der Waals surface area contributed by atoms with Crippen LogP contribution in [0.2, 0.25) is 0 Å². The summed E-state index contributed by atoms with van der Waals surface area (Å²) in [5.41, 5.74) is 5.74. The Labute approximate surface area is 128 Å². The number of carbonyl (C=O) groups is 1. The Kier molecular flexibility index (Phi) is 7.09. The quantitative estimate of drug-likeness (QED) is 0.716. The molecule has 1 fully saturated rings. The summed E-state index contributed by atoms with van der Waals surface area (Å²) in [5.74, 6) is 0.921. The Morgan fingerprint density at radius 3 is 2.33 bits per heavy atom. The van der Waals surface area contributed by atoms with E-state index in [0.29, 0.717) is 44.8 Å². The predicted molar refractivity (Wildman–Crippen MR) is 84.2 cm³/mol. The normalized spacial score (nSPS) is 19.0. The van der Waals surface area contributed by atoms with Gasteiger partial charge in [0.2, 0.25) is 15.9 Å². The Balaban J connectivity index is 2.41. The van der Waals surface area contributed by atoms with Crippen molar-refractivity contribution in [3.8, 4) is 0 Å². The molecule has 1 atom stereocenters. The fourth-order valence-corrected chi connectivity index (χ4v) is 3.70. The highest BCUT2D eigenvalue weighted by Crippen LogP contribution is 2.18. The molecule has 0 aromatic heterocycles. The van der Waals surface area contributed by atoms with E-state index >= 15 is 0 Å². The van der Waals surface area contributed by atoms with Crippen molar-refractivity contribution in [1.82, 2.24) is 9.62 Å². The smallest absolute Gasteiger partial charge is 0.222 e. The van der Waals surface area contributed by atoms with Gasteiger partial charge in [0.05, 0.1) is 6.26 Å². The van der Waals surface area contributed by atoms with E-state index in [1.54, 1.807) is 0 Å². The first-order chi connectivity index (χ1) is 9.71. The highest BCUT2D eigenvalue weighted by molar-refractivity contribution is 7.88. The summed E-state index contributed by atoms with van der Waals surface area (Å²) in [5, 5.41) is 0. The van der Waals surface area contributed by atoms with Crippen LogP contribution in [0.1, 0.15) is 39.5 Å². The van der Waals surface area contributed by atoms with E-state index in [9.17, 15) is 13.2 Å². The summed E-state index contributed by atoms with van der Waals surface area (Å²) >= 11 is 0. The minimum atomic E-state index is -3.17. The third-order valence-corrected chi connectivity index (χ3v) is 4.59. The second-order valence-electron chi connectivity index (χ2n) is 6.48. The van der Waals surface area contributed by atoms with E-state index in [-0.39, 0.29) is 17.9 Å². The van der Waals surface area contributed by atoms with Gasteiger partial charge in [-0.25, -0.2) is 13.1 Å². The van der Waals surface area contributed by atoms with Crippen molar-refractivity contribution in [2.75, 3.05) is 25.9 Å². The van der Waals surface area contributed by atoms with Gasteiger partial charge < -0.3 is 10.6 Å². The van der Waals surface area contributed by atoms with Crippen molar-refractivity contribution in [3.05, 3.63) is 0 Å². The van der Waals surface area contributed by atoms with Gasteiger partial charge in [-0.2, -0.15) is 0 Å². The van der Waals surface area contributed by atoms with Crippen molar-refractivity contribution in [2.24, 2.45) is 17.6 Å². The number of nitrogens with two attached hydrogens (primary N) is 1. The molecule has 0 saturated carbocycles. The average Bonchev–Trinajstić information content (AvgIpc) is 2.36. The zero-order valence-corrected chi connectivity index (χ0v) is 14.2. The molecule has 1 heterocycles. The maximum Gasteiger partial charge on any atom is 0.222 e. The summed E-state index contributed by atoms with van der Waals surface area (Å²) in [6, 6.07) is -0.0509. The molecule has 124 valence electrons. The number of nitrogens with one attached hydrogen (secondary N) is 1. The lowest BCUT2D eigenvalue weighted by Crippen LogP contribution is -2.46. The number of likely N-dealkylation sites (tertiary alicyclic amines) is 1.